The number of nitrogens with one attached hydrogen (secondary N) is 2. The number of amides is 2. The number of hydrogen-bond donors (Lipinski definition) is 2. The van der Waals surface area contributed by atoms with Crippen molar-refractivity contribution in [1.82, 2.24) is 10.6 Å². The molecule has 2 amide bonds. The second kappa shape index (κ2) is 6.96. The molecule has 6 heteroatoms. The second-order valence-corrected chi connectivity index (χ2v) is 4.12. The predicted molar refractivity (Wildman–Crippen MR) is 67.0 cm³/mol. The molecule has 0 aliphatic carbocycles. The summed E-state index contributed by atoms with van der Waals surface area (Å²) < 4.78 is 12.8. The third-order valence-corrected chi connectivity index (χ3v) is 2.50. The maximum Gasteiger partial charge on any atom is 0.252 e. The summed E-state index contributed by atoms with van der Waals surface area (Å²) in [4.78, 5) is 22.3. The van der Waals surface area contributed by atoms with Gasteiger partial charge in [-0.2, -0.15) is 0 Å². The fourth-order valence-corrected chi connectivity index (χ4v) is 1.58. The van der Waals surface area contributed by atoms with Crippen LogP contribution in [0.3, 0.4) is 0 Å². The Kier molecular flexibility index (Phi) is 5.58. The highest BCUT2D eigenvalue weighted by atomic mass is 35.5. The van der Waals surface area contributed by atoms with E-state index in [0.29, 0.717) is 19.5 Å². The first-order valence-corrected chi connectivity index (χ1v) is 5.86. The van der Waals surface area contributed by atoms with Gasteiger partial charge < -0.3 is 10.6 Å². The van der Waals surface area contributed by atoms with Gasteiger partial charge in [0.2, 0.25) is 5.91 Å². The molecule has 0 bridgehead atoms. The summed E-state index contributed by atoms with van der Waals surface area (Å²) in [6.07, 6.45) is 0.615. The number of halogens is 2. The first-order chi connectivity index (χ1) is 8.50. The smallest absolute Gasteiger partial charge is 0.252 e. The molecule has 0 heterocycles. The zero-order valence-electron chi connectivity index (χ0n) is 9.93. The van der Waals surface area contributed by atoms with Crippen molar-refractivity contribution in [3.05, 3.63) is 34.6 Å². The van der Waals surface area contributed by atoms with Crippen molar-refractivity contribution in [1.29, 1.82) is 0 Å². The van der Waals surface area contributed by atoms with E-state index in [0.717, 1.165) is 6.07 Å². The van der Waals surface area contributed by atoms with Gasteiger partial charge in [0.25, 0.3) is 5.91 Å². The van der Waals surface area contributed by atoms with Crippen molar-refractivity contribution < 1.29 is 14.0 Å². The molecule has 0 aliphatic rings. The molecular weight excluding hydrogens is 259 g/mol. The van der Waals surface area contributed by atoms with Gasteiger partial charge in [0.15, 0.2) is 0 Å². The van der Waals surface area contributed by atoms with Gasteiger partial charge >= 0.3 is 0 Å². The van der Waals surface area contributed by atoms with E-state index in [2.05, 4.69) is 10.6 Å². The lowest BCUT2D eigenvalue weighted by Crippen LogP contribution is -2.28. The molecule has 1 rings (SSSR count). The first kappa shape index (κ1) is 14.4. The highest BCUT2D eigenvalue weighted by Gasteiger charge is 2.10. The third kappa shape index (κ3) is 4.71. The van der Waals surface area contributed by atoms with Crippen LogP contribution in [-0.2, 0) is 4.79 Å². The maximum absolute atomic E-state index is 12.8. The average molecular weight is 273 g/mol. The minimum atomic E-state index is -0.484. The molecule has 2 N–H and O–H groups in total. The molecule has 0 saturated carbocycles. The van der Waals surface area contributed by atoms with Crippen molar-refractivity contribution in [3.8, 4) is 0 Å². The molecule has 0 atom stereocenters. The second-order valence-electron chi connectivity index (χ2n) is 3.72. The Morgan fingerprint density at radius 1 is 1.28 bits per heavy atom. The lowest BCUT2D eigenvalue weighted by molar-refractivity contribution is -0.118. The summed E-state index contributed by atoms with van der Waals surface area (Å²) in [6, 6.07) is 3.60. The zero-order valence-corrected chi connectivity index (χ0v) is 10.7. The Labute approximate surface area is 110 Å². The lowest BCUT2D eigenvalue weighted by Gasteiger charge is -2.07. The van der Waals surface area contributed by atoms with E-state index in [1.165, 1.54) is 19.1 Å². The molecule has 0 radical (unpaired) electrons. The van der Waals surface area contributed by atoms with Crippen LogP contribution in [0.25, 0.3) is 0 Å². The van der Waals surface area contributed by atoms with Gasteiger partial charge in [-0.25, -0.2) is 4.39 Å². The lowest BCUT2D eigenvalue weighted by atomic mass is 10.2. The van der Waals surface area contributed by atoms with Crippen molar-refractivity contribution in [2.75, 3.05) is 13.1 Å². The van der Waals surface area contributed by atoms with Gasteiger partial charge in [0.05, 0.1) is 10.6 Å². The molecular formula is C12H14ClFN2O2. The van der Waals surface area contributed by atoms with Gasteiger partial charge in [-0.3, -0.25) is 9.59 Å². The Morgan fingerprint density at radius 2 is 1.94 bits per heavy atom. The molecule has 0 spiro atoms. The molecule has 0 fully saturated rings. The Morgan fingerprint density at radius 3 is 2.56 bits per heavy atom. The molecule has 0 aromatic heterocycles. The predicted octanol–water partition coefficient (Wildman–Crippen LogP) is 1.74. The quantitative estimate of drug-likeness (QED) is 0.802. The summed E-state index contributed by atoms with van der Waals surface area (Å²) >= 11 is 5.75. The molecule has 18 heavy (non-hydrogen) atoms. The Hall–Kier alpha value is -1.62. The molecule has 4 nitrogen and oxygen atoms in total. The van der Waals surface area contributed by atoms with E-state index < -0.39 is 5.82 Å². The molecule has 1 aromatic carbocycles. The molecule has 0 unspecified atom stereocenters. The van der Waals surface area contributed by atoms with Crippen LogP contribution in [0.2, 0.25) is 5.02 Å². The number of carbonyl (C=O) groups is 2. The van der Waals surface area contributed by atoms with Gasteiger partial charge in [0, 0.05) is 20.0 Å². The van der Waals surface area contributed by atoms with Crippen LogP contribution in [0.4, 0.5) is 4.39 Å². The van der Waals surface area contributed by atoms with Crippen molar-refractivity contribution in [2.24, 2.45) is 0 Å². The van der Waals surface area contributed by atoms with Gasteiger partial charge in [0.1, 0.15) is 5.82 Å². The minimum absolute atomic E-state index is 0.0781. The topological polar surface area (TPSA) is 58.2 Å². The highest BCUT2D eigenvalue weighted by Crippen LogP contribution is 2.16. The van der Waals surface area contributed by atoms with E-state index in [1.807, 2.05) is 0 Å². The largest absolute Gasteiger partial charge is 0.356 e. The summed E-state index contributed by atoms with van der Waals surface area (Å²) in [5.41, 5.74) is 0.234. The van der Waals surface area contributed by atoms with E-state index in [9.17, 15) is 14.0 Å². The van der Waals surface area contributed by atoms with Crippen LogP contribution in [0.15, 0.2) is 18.2 Å². The zero-order chi connectivity index (χ0) is 13.5. The molecule has 0 saturated heterocycles. The fraction of sp³-hybridized carbons (Fsp3) is 0.333. The van der Waals surface area contributed by atoms with Crippen molar-refractivity contribution >= 4 is 23.4 Å². The van der Waals surface area contributed by atoms with Crippen LogP contribution in [0, 0.1) is 5.82 Å². The van der Waals surface area contributed by atoms with Gasteiger partial charge in [-0.05, 0) is 24.6 Å². The van der Waals surface area contributed by atoms with Gasteiger partial charge in [-0.1, -0.05) is 11.6 Å². The van der Waals surface area contributed by atoms with E-state index in [-0.39, 0.29) is 22.4 Å². The number of carbonyl (C=O) groups excluding carboxylic acids is 2. The van der Waals surface area contributed by atoms with Crippen molar-refractivity contribution in [3.63, 3.8) is 0 Å². The van der Waals surface area contributed by atoms with Crippen LogP contribution in [-0.4, -0.2) is 24.9 Å². The number of hydrogen-bond acceptors (Lipinski definition) is 2. The summed E-state index contributed by atoms with van der Waals surface area (Å²) in [5.74, 6) is -0.951. The minimum Gasteiger partial charge on any atom is -0.356 e. The standard InChI is InChI=1S/C12H14ClFN2O2/c1-8(17)15-5-2-6-16-12(18)10-4-3-9(14)7-11(10)13/h3-4,7H,2,5-6H2,1H3,(H,15,17)(H,16,18). The number of rotatable bonds is 5. The average Bonchev–Trinajstić information content (AvgIpc) is 2.27. The normalized spacial score (nSPS) is 9.94. The van der Waals surface area contributed by atoms with Gasteiger partial charge in [-0.15, -0.1) is 0 Å². The fourth-order valence-electron chi connectivity index (χ4n) is 1.32. The maximum atomic E-state index is 12.8. The summed E-state index contributed by atoms with van der Waals surface area (Å²) in [5, 5.41) is 5.33. The monoisotopic (exact) mass is 272 g/mol. The molecule has 98 valence electrons. The van der Waals surface area contributed by atoms with Crippen LogP contribution < -0.4 is 10.6 Å². The number of benzene rings is 1. The van der Waals surface area contributed by atoms with Crippen LogP contribution in [0.1, 0.15) is 23.7 Å². The Bertz CT molecular complexity index is 452. The Balaban J connectivity index is 2.39. The van der Waals surface area contributed by atoms with E-state index >= 15 is 0 Å². The van der Waals surface area contributed by atoms with Crippen LogP contribution in [0.5, 0.6) is 0 Å². The van der Waals surface area contributed by atoms with E-state index in [1.54, 1.807) is 0 Å². The summed E-state index contributed by atoms with van der Waals surface area (Å²) in [6.45, 7) is 2.33. The third-order valence-electron chi connectivity index (χ3n) is 2.19. The van der Waals surface area contributed by atoms with Crippen molar-refractivity contribution in [2.45, 2.75) is 13.3 Å². The molecule has 1 aromatic rings. The van der Waals surface area contributed by atoms with E-state index in [4.69, 9.17) is 11.6 Å². The molecule has 0 aliphatic heterocycles. The first-order valence-electron chi connectivity index (χ1n) is 5.48. The highest BCUT2D eigenvalue weighted by molar-refractivity contribution is 6.33. The van der Waals surface area contributed by atoms with Crippen LogP contribution >= 0.6 is 11.6 Å². The SMILES string of the molecule is CC(=O)NCCCNC(=O)c1ccc(F)cc1Cl. The summed E-state index contributed by atoms with van der Waals surface area (Å²) in [7, 11) is 0.